The van der Waals surface area contributed by atoms with Crippen molar-refractivity contribution < 1.29 is 36.6 Å². The van der Waals surface area contributed by atoms with Crippen molar-refractivity contribution >= 4 is 17.5 Å². The van der Waals surface area contributed by atoms with Crippen molar-refractivity contribution in [3.63, 3.8) is 0 Å². The van der Waals surface area contributed by atoms with Crippen molar-refractivity contribution in [2.24, 2.45) is 0 Å². The van der Waals surface area contributed by atoms with Crippen LogP contribution in [0.5, 0.6) is 11.5 Å². The number of ether oxygens (including phenoxy) is 1. The normalized spacial score (nSPS) is 18.9. The van der Waals surface area contributed by atoms with Gasteiger partial charge in [0.2, 0.25) is 5.78 Å². The Kier molecular flexibility index (Phi) is 4.84. The van der Waals surface area contributed by atoms with Crippen molar-refractivity contribution in [3.05, 3.63) is 52.8 Å². The van der Waals surface area contributed by atoms with E-state index >= 15 is 0 Å². The van der Waals surface area contributed by atoms with Crippen molar-refractivity contribution in [1.82, 2.24) is 0 Å². The maximum absolute atomic E-state index is 14.0. The minimum Gasteiger partial charge on any atom is -0.457 e. The second kappa shape index (κ2) is 6.83. The Morgan fingerprint density at radius 3 is 2.56 bits per heavy atom. The number of thioether (sulfide) groups is 1. The molecule has 10 heteroatoms. The summed E-state index contributed by atoms with van der Waals surface area (Å²) in [5, 5.41) is 18.8. The first-order valence-electron chi connectivity index (χ1n) is 7.28. The average Bonchev–Trinajstić information content (AvgIpc) is 2.80. The Hall–Kier alpha value is -2.64. The third-order valence-corrected chi connectivity index (χ3v) is 4.48. The van der Waals surface area contributed by atoms with Crippen LogP contribution in [0.4, 0.5) is 22.0 Å². The Bertz CT molecular complexity index is 970. The number of alkyl halides is 4. The van der Waals surface area contributed by atoms with E-state index in [4.69, 9.17) is 10.00 Å². The lowest BCUT2D eigenvalue weighted by molar-refractivity contribution is -0.0328. The van der Waals surface area contributed by atoms with Gasteiger partial charge in [0.1, 0.15) is 23.4 Å². The van der Waals surface area contributed by atoms with Crippen molar-refractivity contribution in [3.8, 4) is 17.6 Å². The van der Waals surface area contributed by atoms with Gasteiger partial charge in [0.15, 0.2) is 6.17 Å². The SMILES string of the molecule is N#Cc1cc(F)cc(Oc2ccc(SC(F)(F)F)c3c2[C@H](O)C(F)C3=O)c1. The molecule has 0 fully saturated rings. The van der Waals surface area contributed by atoms with Crippen molar-refractivity contribution in [1.29, 1.82) is 5.26 Å². The van der Waals surface area contributed by atoms with Gasteiger partial charge in [-0.15, -0.1) is 0 Å². The molecule has 2 aromatic carbocycles. The molecule has 1 aliphatic rings. The van der Waals surface area contributed by atoms with Gasteiger partial charge in [-0.2, -0.15) is 18.4 Å². The fourth-order valence-electron chi connectivity index (χ4n) is 2.67. The van der Waals surface area contributed by atoms with E-state index in [1.807, 2.05) is 0 Å². The van der Waals surface area contributed by atoms with Crippen LogP contribution < -0.4 is 4.74 Å². The Morgan fingerprint density at radius 2 is 1.93 bits per heavy atom. The zero-order valence-electron chi connectivity index (χ0n) is 13.1. The van der Waals surface area contributed by atoms with Gasteiger partial charge in [-0.1, -0.05) is 0 Å². The highest BCUT2D eigenvalue weighted by Crippen LogP contribution is 2.48. The van der Waals surface area contributed by atoms with E-state index in [1.165, 1.54) is 0 Å². The van der Waals surface area contributed by atoms with Gasteiger partial charge in [-0.05, 0) is 36.0 Å². The van der Waals surface area contributed by atoms with Crippen LogP contribution in [0, 0.1) is 17.1 Å². The number of rotatable bonds is 3. The van der Waals surface area contributed by atoms with Crippen LogP contribution >= 0.6 is 11.8 Å². The molecule has 140 valence electrons. The number of carbonyl (C=O) groups is 1. The van der Waals surface area contributed by atoms with Gasteiger partial charge in [0.25, 0.3) is 0 Å². The number of nitriles is 1. The predicted molar refractivity (Wildman–Crippen MR) is 83.7 cm³/mol. The maximum atomic E-state index is 14.0. The van der Waals surface area contributed by atoms with Crippen LogP contribution in [0.2, 0.25) is 0 Å². The molecule has 1 N–H and O–H groups in total. The Morgan fingerprint density at radius 1 is 1.22 bits per heavy atom. The van der Waals surface area contributed by atoms with Crippen LogP contribution in [0.15, 0.2) is 35.2 Å². The smallest absolute Gasteiger partial charge is 0.446 e. The number of benzene rings is 2. The lowest BCUT2D eigenvalue weighted by atomic mass is 10.1. The molecule has 1 unspecified atom stereocenters. The summed E-state index contributed by atoms with van der Waals surface area (Å²) in [5.74, 6) is -2.63. The van der Waals surface area contributed by atoms with Crippen LogP contribution in [-0.4, -0.2) is 22.6 Å². The number of aliphatic hydroxyl groups is 1. The quantitative estimate of drug-likeness (QED) is 0.598. The van der Waals surface area contributed by atoms with Crippen LogP contribution in [0.1, 0.15) is 27.6 Å². The summed E-state index contributed by atoms with van der Waals surface area (Å²) in [6.07, 6.45) is -4.47. The molecule has 0 aliphatic heterocycles. The third-order valence-electron chi connectivity index (χ3n) is 3.69. The Balaban J connectivity index is 2.10. The molecule has 2 aromatic rings. The summed E-state index contributed by atoms with van der Waals surface area (Å²) in [5.41, 5.74) is -5.91. The molecule has 0 saturated carbocycles. The lowest BCUT2D eigenvalue weighted by Gasteiger charge is -2.15. The lowest BCUT2D eigenvalue weighted by Crippen LogP contribution is -2.14. The van der Waals surface area contributed by atoms with Gasteiger partial charge in [0.05, 0.1) is 11.6 Å². The molecule has 0 heterocycles. The van der Waals surface area contributed by atoms with Crippen LogP contribution in [-0.2, 0) is 0 Å². The summed E-state index contributed by atoms with van der Waals surface area (Å²) in [6.45, 7) is 0. The highest BCUT2D eigenvalue weighted by molar-refractivity contribution is 8.00. The fraction of sp³-hybridized carbons (Fsp3) is 0.176. The van der Waals surface area contributed by atoms with Gasteiger partial charge >= 0.3 is 5.51 Å². The Labute approximate surface area is 153 Å². The van der Waals surface area contributed by atoms with Crippen molar-refractivity contribution in [2.45, 2.75) is 22.7 Å². The maximum Gasteiger partial charge on any atom is 0.446 e. The predicted octanol–water partition coefficient (Wildman–Crippen LogP) is 4.67. The number of carbonyl (C=O) groups excluding carboxylic acids is 1. The summed E-state index contributed by atoms with van der Waals surface area (Å²) in [6, 6.07) is 6.57. The van der Waals surface area contributed by atoms with E-state index in [0.717, 1.165) is 30.3 Å². The van der Waals surface area contributed by atoms with E-state index in [9.17, 15) is 31.9 Å². The number of nitrogens with zero attached hydrogens (tertiary/aromatic N) is 1. The summed E-state index contributed by atoms with van der Waals surface area (Å²) < 4.78 is 70.9. The topological polar surface area (TPSA) is 70.3 Å². The first-order chi connectivity index (χ1) is 12.6. The van der Waals surface area contributed by atoms with Gasteiger partial charge in [-0.3, -0.25) is 4.79 Å². The van der Waals surface area contributed by atoms with Gasteiger partial charge < -0.3 is 9.84 Å². The number of hydrogen-bond acceptors (Lipinski definition) is 5. The molecular weight excluding hydrogens is 393 g/mol. The number of aliphatic hydroxyl groups excluding tert-OH is 1. The first-order valence-corrected chi connectivity index (χ1v) is 8.10. The number of fused-ring (bicyclic) bond motifs is 1. The first kappa shape index (κ1) is 19.1. The molecular formula is C17H8F5NO3S. The fourth-order valence-corrected chi connectivity index (χ4v) is 3.37. The molecule has 0 spiro atoms. The molecule has 0 aromatic heterocycles. The van der Waals surface area contributed by atoms with E-state index in [-0.39, 0.29) is 17.1 Å². The largest absolute Gasteiger partial charge is 0.457 e. The third kappa shape index (κ3) is 3.74. The zero-order valence-corrected chi connectivity index (χ0v) is 13.9. The van der Waals surface area contributed by atoms with E-state index in [0.29, 0.717) is 0 Å². The number of ketones is 1. The number of halogens is 5. The molecule has 0 saturated heterocycles. The summed E-state index contributed by atoms with van der Waals surface area (Å²) in [4.78, 5) is 11.4. The summed E-state index contributed by atoms with van der Waals surface area (Å²) >= 11 is -0.620. The average molecular weight is 401 g/mol. The number of Topliss-reactive ketones (excluding diaryl/α,β-unsaturated/α-hetero) is 1. The molecule has 0 bridgehead atoms. The van der Waals surface area contributed by atoms with Gasteiger partial charge in [-0.25, -0.2) is 8.78 Å². The highest BCUT2D eigenvalue weighted by Gasteiger charge is 2.45. The second-order valence-corrected chi connectivity index (χ2v) is 6.61. The molecule has 1 aliphatic carbocycles. The van der Waals surface area contributed by atoms with E-state index < -0.39 is 57.2 Å². The molecule has 0 amide bonds. The van der Waals surface area contributed by atoms with Gasteiger partial charge in [0, 0.05) is 22.1 Å². The highest BCUT2D eigenvalue weighted by atomic mass is 32.2. The van der Waals surface area contributed by atoms with E-state index in [2.05, 4.69) is 0 Å². The minimum absolute atomic E-state index is 0.0918. The summed E-state index contributed by atoms with van der Waals surface area (Å²) in [7, 11) is 0. The van der Waals surface area contributed by atoms with Crippen molar-refractivity contribution in [2.75, 3.05) is 0 Å². The van der Waals surface area contributed by atoms with Crippen LogP contribution in [0.25, 0.3) is 0 Å². The number of hydrogen-bond donors (Lipinski definition) is 1. The zero-order chi connectivity index (χ0) is 19.9. The molecule has 2 atom stereocenters. The molecule has 27 heavy (non-hydrogen) atoms. The standard InChI is InChI=1S/C17H8F5NO3S/c18-8-3-7(6-23)4-9(5-8)26-10-1-2-11(27-17(20,21)22)13-12(10)15(24)14(19)16(13)25/h1-5,14-15,24H/t14?,15-/m0/s1. The molecule has 3 rings (SSSR count). The second-order valence-electron chi connectivity index (χ2n) is 5.50. The monoisotopic (exact) mass is 401 g/mol. The van der Waals surface area contributed by atoms with E-state index in [1.54, 1.807) is 6.07 Å². The molecule has 0 radical (unpaired) electrons. The molecule has 4 nitrogen and oxygen atoms in total. The minimum atomic E-state index is -4.74. The van der Waals surface area contributed by atoms with Crippen LogP contribution in [0.3, 0.4) is 0 Å².